The largest absolute Gasteiger partial charge is 0.507 e. The van der Waals surface area contributed by atoms with Crippen molar-refractivity contribution in [2.75, 3.05) is 33.3 Å². The van der Waals surface area contributed by atoms with Gasteiger partial charge in [0.05, 0.1) is 18.7 Å². The molecule has 4 rings (SSSR count). The first kappa shape index (κ1) is 26.9. The van der Waals surface area contributed by atoms with Gasteiger partial charge in [0.25, 0.3) is 11.7 Å². The summed E-state index contributed by atoms with van der Waals surface area (Å²) in [4.78, 5) is 30.5. The molecule has 0 saturated carbocycles. The van der Waals surface area contributed by atoms with E-state index in [1.54, 1.807) is 36.3 Å². The molecule has 1 unspecified atom stereocenters. The molecule has 1 atom stereocenters. The van der Waals surface area contributed by atoms with Gasteiger partial charge in [0.1, 0.15) is 23.0 Å². The van der Waals surface area contributed by atoms with E-state index >= 15 is 0 Å². The molecule has 1 saturated heterocycles. The minimum atomic E-state index is -0.742. The van der Waals surface area contributed by atoms with Crippen molar-refractivity contribution in [1.82, 2.24) is 9.80 Å². The predicted octanol–water partition coefficient (Wildman–Crippen LogP) is 5.64. The molecule has 38 heavy (non-hydrogen) atoms. The normalized spacial score (nSPS) is 16.7. The summed E-state index contributed by atoms with van der Waals surface area (Å²) in [7, 11) is 1.56. The molecular weight excluding hydrogens is 480 g/mol. The maximum Gasteiger partial charge on any atom is 0.295 e. The van der Waals surface area contributed by atoms with E-state index in [4.69, 9.17) is 9.47 Å². The molecule has 0 spiro atoms. The molecule has 0 aliphatic carbocycles. The van der Waals surface area contributed by atoms with Crippen molar-refractivity contribution in [2.45, 2.75) is 26.3 Å². The Hall–Kier alpha value is -4.10. The van der Waals surface area contributed by atoms with Crippen LogP contribution in [0, 0.1) is 0 Å². The number of Topliss-reactive ketones (excluding diaryl/α,β-unsaturated/α-hetero) is 1. The summed E-state index contributed by atoms with van der Waals surface area (Å²) in [5.74, 6) is 0.361. The maximum atomic E-state index is 13.3. The fourth-order valence-electron chi connectivity index (χ4n) is 4.74. The minimum Gasteiger partial charge on any atom is -0.507 e. The van der Waals surface area contributed by atoms with E-state index in [1.165, 1.54) is 0 Å². The lowest BCUT2D eigenvalue weighted by Gasteiger charge is -2.27. The Kier molecular flexibility index (Phi) is 8.81. The molecule has 3 aromatic rings. The monoisotopic (exact) mass is 514 g/mol. The molecule has 0 radical (unpaired) electrons. The number of hydrogen-bond donors (Lipinski definition) is 1. The lowest BCUT2D eigenvalue weighted by atomic mass is 9.95. The van der Waals surface area contributed by atoms with Crippen LogP contribution >= 0.6 is 0 Å². The van der Waals surface area contributed by atoms with Gasteiger partial charge >= 0.3 is 0 Å². The highest BCUT2D eigenvalue weighted by Crippen LogP contribution is 2.40. The highest BCUT2D eigenvalue weighted by Gasteiger charge is 2.46. The van der Waals surface area contributed by atoms with E-state index in [9.17, 15) is 14.7 Å². The molecular formula is C31H34N2O5. The number of rotatable bonds is 11. The summed E-state index contributed by atoms with van der Waals surface area (Å²) >= 11 is 0. The van der Waals surface area contributed by atoms with Gasteiger partial charge in [-0.1, -0.05) is 44.2 Å². The number of carbonyl (C=O) groups is 2. The second-order valence-electron chi connectivity index (χ2n) is 9.09. The second-order valence-corrected chi connectivity index (χ2v) is 9.09. The van der Waals surface area contributed by atoms with Gasteiger partial charge in [0, 0.05) is 12.1 Å². The number of nitrogens with zero attached hydrogens (tertiary/aromatic N) is 2. The average molecular weight is 515 g/mol. The second kappa shape index (κ2) is 12.4. The molecule has 1 amide bonds. The third-order valence-electron chi connectivity index (χ3n) is 6.82. The number of aliphatic hydroxyl groups is 1. The molecule has 1 aliphatic rings. The van der Waals surface area contributed by atoms with E-state index in [0.717, 1.165) is 19.6 Å². The average Bonchev–Trinajstić information content (AvgIpc) is 3.21. The lowest BCUT2D eigenvalue weighted by Crippen LogP contribution is -2.33. The number of carbonyl (C=O) groups excluding carboxylic acids is 2. The maximum absolute atomic E-state index is 13.3. The van der Waals surface area contributed by atoms with Crippen LogP contribution in [0.1, 0.15) is 37.4 Å². The van der Waals surface area contributed by atoms with Crippen LogP contribution < -0.4 is 9.47 Å². The summed E-state index contributed by atoms with van der Waals surface area (Å²) in [6.07, 6.45) is 0.702. The zero-order chi connectivity index (χ0) is 27.1. The van der Waals surface area contributed by atoms with Crippen molar-refractivity contribution in [3.63, 3.8) is 0 Å². The number of hydrogen-bond acceptors (Lipinski definition) is 6. The molecule has 3 aromatic carbocycles. The van der Waals surface area contributed by atoms with Gasteiger partial charge in [-0.3, -0.25) is 9.59 Å². The Bertz CT molecular complexity index is 1280. The summed E-state index contributed by atoms with van der Waals surface area (Å²) in [5, 5.41) is 11.3. The first-order chi connectivity index (χ1) is 18.5. The summed E-state index contributed by atoms with van der Waals surface area (Å²) in [6, 6.07) is 22.8. The van der Waals surface area contributed by atoms with Crippen molar-refractivity contribution < 1.29 is 24.2 Å². The Morgan fingerprint density at radius 3 is 2.24 bits per heavy atom. The van der Waals surface area contributed by atoms with Crippen molar-refractivity contribution >= 4 is 17.4 Å². The molecule has 1 N–H and O–H groups in total. The summed E-state index contributed by atoms with van der Waals surface area (Å²) in [5.41, 5.74) is 1.20. The van der Waals surface area contributed by atoms with Crippen LogP contribution in [0.15, 0.2) is 84.4 Å². The van der Waals surface area contributed by atoms with Crippen LogP contribution in [0.5, 0.6) is 17.2 Å². The van der Waals surface area contributed by atoms with Crippen molar-refractivity contribution in [2.24, 2.45) is 0 Å². The third kappa shape index (κ3) is 5.89. The molecule has 198 valence electrons. The smallest absolute Gasteiger partial charge is 0.295 e. The van der Waals surface area contributed by atoms with Gasteiger partial charge in [-0.05, 0) is 80.1 Å². The Morgan fingerprint density at radius 1 is 0.895 bits per heavy atom. The zero-order valence-electron chi connectivity index (χ0n) is 22.1. The van der Waals surface area contributed by atoms with Crippen LogP contribution in [0.3, 0.4) is 0 Å². The molecule has 7 heteroatoms. The number of methoxy groups -OCH3 is 1. The first-order valence-electron chi connectivity index (χ1n) is 12.9. The number of ketones is 1. The lowest BCUT2D eigenvalue weighted by molar-refractivity contribution is -0.140. The van der Waals surface area contributed by atoms with E-state index in [1.807, 2.05) is 54.6 Å². The Morgan fingerprint density at radius 2 is 1.58 bits per heavy atom. The third-order valence-corrected chi connectivity index (χ3v) is 6.82. The molecule has 0 bridgehead atoms. The molecule has 0 aromatic heterocycles. The van der Waals surface area contributed by atoms with Gasteiger partial charge in [0.15, 0.2) is 0 Å². The fourth-order valence-corrected chi connectivity index (χ4v) is 4.74. The van der Waals surface area contributed by atoms with Crippen molar-refractivity contribution in [1.29, 1.82) is 0 Å². The quantitative estimate of drug-likeness (QED) is 0.203. The van der Waals surface area contributed by atoms with E-state index < -0.39 is 17.7 Å². The van der Waals surface area contributed by atoms with Crippen molar-refractivity contribution in [3.05, 3.63) is 95.6 Å². The number of para-hydroxylation sites is 1. The number of amides is 1. The SMILES string of the molecule is CCN(CC)CCCN1C(=O)C(=O)/C(=C(\O)c2ccc(OC)cc2)C1c1cccc(Oc2ccccc2)c1. The van der Waals surface area contributed by atoms with Crippen LogP contribution in [-0.2, 0) is 9.59 Å². The van der Waals surface area contributed by atoms with Crippen LogP contribution in [0.4, 0.5) is 0 Å². The molecule has 1 heterocycles. The van der Waals surface area contributed by atoms with Gasteiger partial charge in [-0.15, -0.1) is 0 Å². The van der Waals surface area contributed by atoms with E-state index in [-0.39, 0.29) is 11.3 Å². The van der Waals surface area contributed by atoms with E-state index in [0.29, 0.717) is 41.3 Å². The van der Waals surface area contributed by atoms with Crippen LogP contribution in [0.2, 0.25) is 0 Å². The van der Waals surface area contributed by atoms with Crippen LogP contribution in [0.25, 0.3) is 5.76 Å². The van der Waals surface area contributed by atoms with Gasteiger partial charge in [-0.2, -0.15) is 0 Å². The highest BCUT2D eigenvalue weighted by atomic mass is 16.5. The Labute approximate surface area is 223 Å². The minimum absolute atomic E-state index is 0.0693. The van der Waals surface area contributed by atoms with Crippen molar-refractivity contribution in [3.8, 4) is 17.2 Å². The van der Waals surface area contributed by atoms with E-state index in [2.05, 4.69) is 18.7 Å². The predicted molar refractivity (Wildman–Crippen MR) is 147 cm³/mol. The molecule has 1 aliphatic heterocycles. The van der Waals surface area contributed by atoms with Gasteiger partial charge < -0.3 is 24.4 Å². The zero-order valence-corrected chi connectivity index (χ0v) is 22.1. The van der Waals surface area contributed by atoms with Gasteiger partial charge in [0.2, 0.25) is 0 Å². The van der Waals surface area contributed by atoms with Crippen LogP contribution in [-0.4, -0.2) is 59.9 Å². The standard InChI is InChI=1S/C31H34N2O5/c1-4-32(5-2)19-10-20-33-28(23-11-9-14-26(21-23)38-25-12-7-6-8-13-25)27(30(35)31(33)36)29(34)22-15-17-24(37-3)18-16-22/h6-9,11-18,21,28,34H,4-5,10,19-20H2,1-3H3/b29-27-. The first-order valence-corrected chi connectivity index (χ1v) is 12.9. The number of aliphatic hydroxyl groups excluding tert-OH is 1. The Balaban J connectivity index is 1.73. The number of ether oxygens (including phenoxy) is 2. The number of benzene rings is 3. The molecule has 1 fully saturated rings. The fraction of sp³-hybridized carbons (Fsp3) is 0.290. The highest BCUT2D eigenvalue weighted by molar-refractivity contribution is 6.46. The number of likely N-dealkylation sites (tertiary alicyclic amines) is 1. The summed E-state index contributed by atoms with van der Waals surface area (Å²) in [6.45, 7) is 7.21. The molecule has 7 nitrogen and oxygen atoms in total. The topological polar surface area (TPSA) is 79.3 Å². The van der Waals surface area contributed by atoms with Gasteiger partial charge in [-0.25, -0.2) is 0 Å². The summed E-state index contributed by atoms with van der Waals surface area (Å²) < 4.78 is 11.2.